The maximum absolute atomic E-state index is 5.39. The van der Waals surface area contributed by atoms with Crippen LogP contribution in [0.1, 0.15) is 37.3 Å². The zero-order valence-electron chi connectivity index (χ0n) is 18.8. The monoisotopic (exact) mass is 543 g/mol. The van der Waals surface area contributed by atoms with Crippen molar-refractivity contribution in [2.45, 2.75) is 45.8 Å². The summed E-state index contributed by atoms with van der Waals surface area (Å²) in [5.41, 5.74) is 2.14. The van der Waals surface area contributed by atoms with E-state index in [0.717, 1.165) is 67.9 Å². The predicted octanol–water partition coefficient (Wildman–Crippen LogP) is 3.20. The first-order chi connectivity index (χ1) is 14.6. The highest BCUT2D eigenvalue weighted by Crippen LogP contribution is 2.24. The van der Waals surface area contributed by atoms with Gasteiger partial charge >= 0.3 is 0 Å². The Morgan fingerprint density at radius 2 is 1.94 bits per heavy atom. The highest BCUT2D eigenvalue weighted by atomic mass is 127. The number of nitrogens with one attached hydrogen (secondary N) is 2. The molecule has 1 fully saturated rings. The van der Waals surface area contributed by atoms with Crippen LogP contribution in [0.2, 0.25) is 0 Å². The van der Waals surface area contributed by atoms with Crippen LogP contribution in [0.15, 0.2) is 33.8 Å². The molecule has 1 unspecified atom stereocenters. The quantitative estimate of drug-likeness (QED) is 0.286. The summed E-state index contributed by atoms with van der Waals surface area (Å²) in [4.78, 5) is 7.09. The van der Waals surface area contributed by atoms with Crippen LogP contribution < -0.4 is 20.1 Å². The lowest BCUT2D eigenvalue weighted by Crippen LogP contribution is -2.44. The third-order valence-electron chi connectivity index (χ3n) is 5.14. The largest absolute Gasteiger partial charge is 0.497 e. The molecule has 2 aromatic rings. The molecule has 0 bridgehead atoms. The van der Waals surface area contributed by atoms with Gasteiger partial charge in [-0.2, -0.15) is 0 Å². The zero-order valence-corrected chi connectivity index (χ0v) is 21.1. The molecular weight excluding hydrogens is 509 g/mol. The van der Waals surface area contributed by atoms with Gasteiger partial charge in [0, 0.05) is 44.4 Å². The third kappa shape index (κ3) is 7.57. The number of likely N-dealkylation sites (tertiary alicyclic amines) is 1. The molecule has 0 saturated carbocycles. The third-order valence-corrected chi connectivity index (χ3v) is 5.14. The molecule has 172 valence electrons. The normalized spacial score (nSPS) is 16.6. The predicted molar refractivity (Wildman–Crippen MR) is 132 cm³/mol. The summed E-state index contributed by atoms with van der Waals surface area (Å²) in [6.07, 6.45) is 1.93. The van der Waals surface area contributed by atoms with Crippen molar-refractivity contribution in [2.75, 3.05) is 33.9 Å². The van der Waals surface area contributed by atoms with Crippen molar-refractivity contribution in [3.8, 4) is 11.5 Å². The van der Waals surface area contributed by atoms with Gasteiger partial charge in [0.05, 0.1) is 19.9 Å². The molecule has 1 aromatic heterocycles. The standard InChI is InChI=1S/C22H33N5O3.HI/c1-5-17-11-21(30-26-17)13-24-22(23-6-2)25-18-7-8-27(15-18)14-16-9-19(28-3)12-20(10-16)29-4;/h9-12,18H,5-8,13-15H2,1-4H3,(H2,23,24,25);1H. The minimum atomic E-state index is 0. The Hall–Kier alpha value is -2.01. The lowest BCUT2D eigenvalue weighted by molar-refractivity contribution is 0.321. The van der Waals surface area contributed by atoms with E-state index in [9.17, 15) is 0 Å². The fourth-order valence-corrected chi connectivity index (χ4v) is 3.58. The number of guanidine groups is 1. The fourth-order valence-electron chi connectivity index (χ4n) is 3.58. The van der Waals surface area contributed by atoms with Gasteiger partial charge < -0.3 is 24.6 Å². The summed E-state index contributed by atoms with van der Waals surface area (Å²) in [5.74, 6) is 3.22. The molecule has 0 aliphatic carbocycles. The average Bonchev–Trinajstić information content (AvgIpc) is 3.41. The Morgan fingerprint density at radius 3 is 2.55 bits per heavy atom. The Bertz CT molecular complexity index is 820. The minimum Gasteiger partial charge on any atom is -0.497 e. The van der Waals surface area contributed by atoms with E-state index in [1.165, 1.54) is 5.56 Å². The number of rotatable bonds is 9. The van der Waals surface area contributed by atoms with E-state index in [4.69, 9.17) is 14.0 Å². The number of hydrogen-bond acceptors (Lipinski definition) is 6. The van der Waals surface area contributed by atoms with Gasteiger partial charge in [-0.1, -0.05) is 12.1 Å². The van der Waals surface area contributed by atoms with Crippen LogP contribution in [0.4, 0.5) is 0 Å². The first kappa shape index (κ1) is 25.3. The number of halogens is 1. The second-order valence-corrected chi connectivity index (χ2v) is 7.42. The summed E-state index contributed by atoms with van der Waals surface area (Å²) >= 11 is 0. The molecule has 3 rings (SSSR count). The van der Waals surface area contributed by atoms with Gasteiger partial charge in [0.2, 0.25) is 0 Å². The maximum atomic E-state index is 5.39. The topological polar surface area (TPSA) is 84.2 Å². The first-order valence-corrected chi connectivity index (χ1v) is 10.6. The van der Waals surface area contributed by atoms with E-state index >= 15 is 0 Å². The molecular formula is C22H34IN5O3. The van der Waals surface area contributed by atoms with Crippen LogP contribution in [0.5, 0.6) is 11.5 Å². The molecule has 0 amide bonds. The molecule has 2 N–H and O–H groups in total. The van der Waals surface area contributed by atoms with Gasteiger partial charge in [-0.3, -0.25) is 4.90 Å². The van der Waals surface area contributed by atoms with Crippen molar-refractivity contribution in [2.24, 2.45) is 4.99 Å². The molecule has 0 spiro atoms. The summed E-state index contributed by atoms with van der Waals surface area (Å²) in [7, 11) is 3.36. The highest BCUT2D eigenvalue weighted by molar-refractivity contribution is 14.0. The first-order valence-electron chi connectivity index (χ1n) is 10.6. The van der Waals surface area contributed by atoms with E-state index in [1.807, 2.05) is 12.1 Å². The minimum absolute atomic E-state index is 0. The second kappa shape index (κ2) is 12.7. The van der Waals surface area contributed by atoms with Crippen LogP contribution in [0.25, 0.3) is 0 Å². The van der Waals surface area contributed by atoms with Gasteiger partial charge in [-0.05, 0) is 37.5 Å². The maximum Gasteiger partial charge on any atom is 0.191 e. The summed E-state index contributed by atoms with van der Waals surface area (Å²) in [6.45, 7) is 8.24. The van der Waals surface area contributed by atoms with Crippen LogP contribution in [0, 0.1) is 0 Å². The number of benzene rings is 1. The van der Waals surface area contributed by atoms with Crippen LogP contribution in [0.3, 0.4) is 0 Å². The van der Waals surface area contributed by atoms with Crippen molar-refractivity contribution in [3.63, 3.8) is 0 Å². The molecule has 9 heteroatoms. The zero-order chi connectivity index (χ0) is 21.3. The van der Waals surface area contributed by atoms with Gasteiger partial charge in [0.15, 0.2) is 11.7 Å². The SMILES string of the molecule is CCNC(=NCc1cc(CC)no1)NC1CCN(Cc2cc(OC)cc(OC)c2)C1.I. The lowest BCUT2D eigenvalue weighted by Gasteiger charge is -2.19. The summed E-state index contributed by atoms with van der Waals surface area (Å²) in [6, 6.07) is 8.34. The molecule has 31 heavy (non-hydrogen) atoms. The fraction of sp³-hybridized carbons (Fsp3) is 0.545. The van der Waals surface area contributed by atoms with E-state index in [0.29, 0.717) is 12.6 Å². The number of hydrogen-bond donors (Lipinski definition) is 2. The Morgan fingerprint density at radius 1 is 1.19 bits per heavy atom. The number of aromatic nitrogens is 1. The number of ether oxygens (including phenoxy) is 2. The van der Waals surface area contributed by atoms with E-state index in [-0.39, 0.29) is 24.0 Å². The Labute approximate surface area is 201 Å². The van der Waals surface area contributed by atoms with Crippen molar-refractivity contribution >= 4 is 29.9 Å². The Kier molecular flexibility index (Phi) is 10.4. The number of nitrogens with zero attached hydrogens (tertiary/aromatic N) is 3. The van der Waals surface area contributed by atoms with E-state index < -0.39 is 0 Å². The van der Waals surface area contributed by atoms with E-state index in [2.05, 4.69) is 51.7 Å². The van der Waals surface area contributed by atoms with Gasteiger partial charge in [0.1, 0.15) is 18.0 Å². The molecule has 1 saturated heterocycles. The number of aliphatic imine (C=N–C) groups is 1. The molecule has 1 aliphatic heterocycles. The van der Waals surface area contributed by atoms with Gasteiger partial charge in [-0.15, -0.1) is 24.0 Å². The van der Waals surface area contributed by atoms with Crippen LogP contribution in [-0.2, 0) is 19.5 Å². The summed E-state index contributed by atoms with van der Waals surface area (Å²) < 4.78 is 16.1. The van der Waals surface area contributed by atoms with Crippen molar-refractivity contribution < 1.29 is 14.0 Å². The average molecular weight is 543 g/mol. The van der Waals surface area contributed by atoms with Gasteiger partial charge in [0.25, 0.3) is 0 Å². The van der Waals surface area contributed by atoms with Crippen LogP contribution >= 0.6 is 24.0 Å². The molecule has 1 aromatic carbocycles. The molecule has 0 radical (unpaired) electrons. The van der Waals surface area contributed by atoms with Crippen molar-refractivity contribution in [1.29, 1.82) is 0 Å². The van der Waals surface area contributed by atoms with Crippen molar-refractivity contribution in [3.05, 3.63) is 41.3 Å². The number of aryl methyl sites for hydroxylation is 1. The molecule has 1 atom stereocenters. The number of methoxy groups -OCH3 is 2. The van der Waals surface area contributed by atoms with Crippen molar-refractivity contribution in [1.82, 2.24) is 20.7 Å². The second-order valence-electron chi connectivity index (χ2n) is 7.42. The lowest BCUT2D eigenvalue weighted by atomic mass is 10.2. The molecule has 1 aliphatic rings. The smallest absolute Gasteiger partial charge is 0.191 e. The van der Waals surface area contributed by atoms with E-state index in [1.54, 1.807) is 14.2 Å². The molecule has 8 nitrogen and oxygen atoms in total. The summed E-state index contributed by atoms with van der Waals surface area (Å²) in [5, 5.41) is 10.9. The Balaban J connectivity index is 0.00000341. The van der Waals surface area contributed by atoms with Gasteiger partial charge in [-0.25, -0.2) is 4.99 Å². The highest BCUT2D eigenvalue weighted by Gasteiger charge is 2.23. The van der Waals surface area contributed by atoms with Crippen LogP contribution in [-0.4, -0.2) is 55.9 Å². The molecule has 2 heterocycles.